The summed E-state index contributed by atoms with van der Waals surface area (Å²) in [5, 5.41) is 0.878. The molecule has 3 heterocycles. The fraction of sp³-hybridized carbons (Fsp3) is 0.565. The Kier molecular flexibility index (Phi) is 6.11. The molecule has 0 aliphatic carbocycles. The summed E-state index contributed by atoms with van der Waals surface area (Å²) in [6.07, 6.45) is 1.37. The Hall–Kier alpha value is -2.38. The van der Waals surface area contributed by atoms with Gasteiger partial charge in [0.25, 0.3) is 5.91 Å². The standard InChI is InChI=1S/C23H30N2O5/c1-15-16(2)23(27)30-21-14-19(4-5-20(15)21)29-17(3)22(26)25-8-6-18(7-9-25)24-10-12-28-13-11-24/h4-5,14,17-18H,6-13H2,1-3H3. The molecule has 1 amide bonds. The summed E-state index contributed by atoms with van der Waals surface area (Å²) in [5.74, 6) is 0.523. The number of benzene rings is 1. The van der Waals surface area contributed by atoms with E-state index < -0.39 is 6.10 Å². The quantitative estimate of drug-likeness (QED) is 0.716. The molecule has 7 nitrogen and oxygen atoms in total. The molecule has 4 rings (SSSR count). The maximum atomic E-state index is 12.9. The summed E-state index contributed by atoms with van der Waals surface area (Å²) in [7, 11) is 0. The van der Waals surface area contributed by atoms with Gasteiger partial charge < -0.3 is 18.8 Å². The van der Waals surface area contributed by atoms with Crippen molar-refractivity contribution in [2.75, 3.05) is 39.4 Å². The molecule has 0 bridgehead atoms. The van der Waals surface area contributed by atoms with Gasteiger partial charge in [-0.05, 0) is 51.3 Å². The van der Waals surface area contributed by atoms with E-state index in [4.69, 9.17) is 13.9 Å². The molecule has 1 unspecified atom stereocenters. The molecule has 0 N–H and O–H groups in total. The van der Waals surface area contributed by atoms with Gasteiger partial charge in [0.2, 0.25) is 0 Å². The van der Waals surface area contributed by atoms with Gasteiger partial charge in [0.05, 0.1) is 13.2 Å². The van der Waals surface area contributed by atoms with Crippen molar-refractivity contribution in [1.29, 1.82) is 0 Å². The second-order valence-corrected chi connectivity index (χ2v) is 8.26. The molecule has 2 fully saturated rings. The van der Waals surface area contributed by atoms with Crippen molar-refractivity contribution < 1.29 is 18.7 Å². The molecule has 0 saturated carbocycles. The summed E-state index contributed by atoms with van der Waals surface area (Å²) in [6.45, 7) is 10.5. The minimum atomic E-state index is -0.597. The van der Waals surface area contributed by atoms with Crippen molar-refractivity contribution in [3.63, 3.8) is 0 Å². The van der Waals surface area contributed by atoms with E-state index in [9.17, 15) is 9.59 Å². The molecule has 0 spiro atoms. The second-order valence-electron chi connectivity index (χ2n) is 8.26. The molecule has 1 aromatic heterocycles. The third-order valence-electron chi connectivity index (χ3n) is 6.43. The highest BCUT2D eigenvalue weighted by molar-refractivity contribution is 5.83. The lowest BCUT2D eigenvalue weighted by molar-refractivity contribution is -0.139. The number of hydrogen-bond acceptors (Lipinski definition) is 6. The lowest BCUT2D eigenvalue weighted by Gasteiger charge is -2.40. The van der Waals surface area contributed by atoms with Crippen LogP contribution in [0, 0.1) is 13.8 Å². The Balaban J connectivity index is 1.38. The fourth-order valence-corrected chi connectivity index (χ4v) is 4.41. The summed E-state index contributed by atoms with van der Waals surface area (Å²) in [5.41, 5.74) is 1.65. The minimum Gasteiger partial charge on any atom is -0.481 e. The molecule has 2 aliphatic heterocycles. The lowest BCUT2D eigenvalue weighted by atomic mass is 10.0. The Bertz CT molecular complexity index is 971. The Morgan fingerprint density at radius 3 is 2.50 bits per heavy atom. The van der Waals surface area contributed by atoms with Crippen LogP contribution in [0.5, 0.6) is 5.75 Å². The van der Waals surface area contributed by atoms with Crippen LogP contribution < -0.4 is 10.4 Å². The van der Waals surface area contributed by atoms with E-state index in [2.05, 4.69) is 4.90 Å². The highest BCUT2D eigenvalue weighted by Crippen LogP contribution is 2.25. The van der Waals surface area contributed by atoms with E-state index >= 15 is 0 Å². The van der Waals surface area contributed by atoms with E-state index in [0.717, 1.165) is 63.2 Å². The summed E-state index contributed by atoms with van der Waals surface area (Å²) in [4.78, 5) is 29.2. The van der Waals surface area contributed by atoms with E-state index in [-0.39, 0.29) is 11.5 Å². The van der Waals surface area contributed by atoms with Crippen LogP contribution in [0.4, 0.5) is 0 Å². The van der Waals surface area contributed by atoms with Gasteiger partial charge in [0.15, 0.2) is 6.10 Å². The van der Waals surface area contributed by atoms with Crippen LogP contribution in [0.1, 0.15) is 30.9 Å². The number of piperidine rings is 1. The molecule has 1 aromatic carbocycles. The van der Waals surface area contributed by atoms with Crippen molar-refractivity contribution in [1.82, 2.24) is 9.80 Å². The molecular weight excluding hydrogens is 384 g/mol. The molecule has 0 radical (unpaired) electrons. The summed E-state index contributed by atoms with van der Waals surface area (Å²) < 4.78 is 16.7. The molecular formula is C23H30N2O5. The first-order valence-electron chi connectivity index (χ1n) is 10.8. The van der Waals surface area contributed by atoms with E-state index in [1.165, 1.54) is 0 Å². The number of nitrogens with zero attached hydrogens (tertiary/aromatic N) is 2. The smallest absolute Gasteiger partial charge is 0.339 e. The first-order chi connectivity index (χ1) is 14.4. The number of morpholine rings is 1. The number of hydrogen-bond donors (Lipinski definition) is 0. The number of amides is 1. The van der Waals surface area contributed by atoms with Crippen LogP contribution in [0.25, 0.3) is 11.0 Å². The SMILES string of the molecule is Cc1c(C)c2ccc(OC(C)C(=O)N3CCC(N4CCOCC4)CC3)cc2oc1=O. The fourth-order valence-electron chi connectivity index (χ4n) is 4.41. The van der Waals surface area contributed by atoms with Crippen LogP contribution in [-0.4, -0.2) is 67.2 Å². The van der Waals surface area contributed by atoms with Gasteiger partial charge in [-0.15, -0.1) is 0 Å². The molecule has 2 aromatic rings. The molecule has 162 valence electrons. The van der Waals surface area contributed by atoms with Crippen LogP contribution >= 0.6 is 0 Å². The molecule has 1 atom stereocenters. The van der Waals surface area contributed by atoms with Crippen molar-refractivity contribution in [3.05, 3.63) is 39.7 Å². The Labute approximate surface area is 176 Å². The number of ether oxygens (including phenoxy) is 2. The van der Waals surface area contributed by atoms with Crippen molar-refractivity contribution >= 4 is 16.9 Å². The topological polar surface area (TPSA) is 72.2 Å². The Morgan fingerprint density at radius 1 is 1.10 bits per heavy atom. The van der Waals surface area contributed by atoms with Gasteiger partial charge in [-0.2, -0.15) is 0 Å². The van der Waals surface area contributed by atoms with E-state index in [0.29, 0.717) is 22.9 Å². The normalized spacial score (nSPS) is 19.8. The summed E-state index contributed by atoms with van der Waals surface area (Å²) >= 11 is 0. The van der Waals surface area contributed by atoms with Gasteiger partial charge >= 0.3 is 5.63 Å². The monoisotopic (exact) mass is 414 g/mol. The predicted octanol–water partition coefficient (Wildman–Crippen LogP) is 2.50. The van der Waals surface area contributed by atoms with Crippen LogP contribution in [0.3, 0.4) is 0 Å². The van der Waals surface area contributed by atoms with Crippen molar-refractivity contribution in [2.24, 2.45) is 0 Å². The van der Waals surface area contributed by atoms with Gasteiger partial charge in [-0.1, -0.05) is 0 Å². The van der Waals surface area contributed by atoms with E-state index in [1.54, 1.807) is 19.9 Å². The Morgan fingerprint density at radius 2 is 1.80 bits per heavy atom. The molecule has 7 heteroatoms. The maximum absolute atomic E-state index is 12.9. The zero-order valence-electron chi connectivity index (χ0n) is 18.0. The lowest BCUT2D eigenvalue weighted by Crippen LogP contribution is -2.51. The average Bonchev–Trinajstić information content (AvgIpc) is 2.77. The minimum absolute atomic E-state index is 0.00272. The van der Waals surface area contributed by atoms with Crippen molar-refractivity contribution in [3.8, 4) is 5.75 Å². The van der Waals surface area contributed by atoms with Crippen LogP contribution in [0.15, 0.2) is 27.4 Å². The van der Waals surface area contributed by atoms with Gasteiger partial charge in [0, 0.05) is 49.2 Å². The third-order valence-corrected chi connectivity index (χ3v) is 6.43. The average molecular weight is 415 g/mol. The largest absolute Gasteiger partial charge is 0.481 e. The number of fused-ring (bicyclic) bond motifs is 1. The van der Waals surface area contributed by atoms with Crippen LogP contribution in [0.2, 0.25) is 0 Å². The number of likely N-dealkylation sites (tertiary alicyclic amines) is 1. The van der Waals surface area contributed by atoms with Gasteiger partial charge in [0.1, 0.15) is 11.3 Å². The maximum Gasteiger partial charge on any atom is 0.339 e. The number of rotatable bonds is 4. The molecule has 30 heavy (non-hydrogen) atoms. The van der Waals surface area contributed by atoms with Gasteiger partial charge in [-0.3, -0.25) is 9.69 Å². The second kappa shape index (κ2) is 8.78. The highest BCUT2D eigenvalue weighted by atomic mass is 16.5. The van der Waals surface area contributed by atoms with Crippen LogP contribution in [-0.2, 0) is 9.53 Å². The number of aryl methyl sites for hydroxylation is 1. The zero-order valence-corrected chi connectivity index (χ0v) is 18.0. The first kappa shape index (κ1) is 20.9. The van der Waals surface area contributed by atoms with E-state index in [1.807, 2.05) is 24.0 Å². The molecule has 2 aliphatic rings. The van der Waals surface area contributed by atoms with Crippen molar-refractivity contribution in [2.45, 2.75) is 45.8 Å². The number of carbonyl (C=O) groups excluding carboxylic acids is 1. The first-order valence-corrected chi connectivity index (χ1v) is 10.8. The predicted molar refractivity (Wildman–Crippen MR) is 114 cm³/mol. The third kappa shape index (κ3) is 4.23. The zero-order chi connectivity index (χ0) is 21.3. The van der Waals surface area contributed by atoms with Gasteiger partial charge in [-0.25, -0.2) is 4.79 Å². The summed E-state index contributed by atoms with van der Waals surface area (Å²) in [6, 6.07) is 5.92. The number of carbonyl (C=O) groups is 1. The highest BCUT2D eigenvalue weighted by Gasteiger charge is 2.30. The molecule has 2 saturated heterocycles.